The highest BCUT2D eigenvalue weighted by Crippen LogP contribution is 2.18. The Morgan fingerprint density at radius 1 is 0.422 bits per heavy atom. The number of carbonyl (C=O) groups excluding carboxylic acids is 2. The molecule has 2 unspecified atom stereocenters. The molecule has 6 heteroatoms. The van der Waals surface area contributed by atoms with E-state index in [4.69, 9.17) is 4.74 Å². The van der Waals surface area contributed by atoms with E-state index in [1.54, 1.807) is 0 Å². The predicted octanol–water partition coefficient (Wildman–Crippen LogP) is 17.7. The van der Waals surface area contributed by atoms with E-state index in [0.717, 1.165) is 44.9 Å². The van der Waals surface area contributed by atoms with Crippen molar-refractivity contribution in [3.8, 4) is 0 Å². The summed E-state index contributed by atoms with van der Waals surface area (Å²) in [5.74, 6) is -0.0445. The lowest BCUT2D eigenvalue weighted by atomic mass is 10.0. The number of carbonyl (C=O) groups is 2. The Morgan fingerprint density at radius 2 is 0.734 bits per heavy atom. The number of esters is 1. The lowest BCUT2D eigenvalue weighted by molar-refractivity contribution is -0.143. The number of aliphatic hydroxyl groups excluding tert-OH is 2. The van der Waals surface area contributed by atoms with Gasteiger partial charge in [0.2, 0.25) is 5.91 Å². The van der Waals surface area contributed by atoms with Gasteiger partial charge in [-0.25, -0.2) is 0 Å². The van der Waals surface area contributed by atoms with Gasteiger partial charge in [0, 0.05) is 12.8 Å². The summed E-state index contributed by atoms with van der Waals surface area (Å²) in [5.41, 5.74) is 0. The topological polar surface area (TPSA) is 95.9 Å². The predicted molar refractivity (Wildman–Crippen MR) is 278 cm³/mol. The van der Waals surface area contributed by atoms with Gasteiger partial charge < -0.3 is 20.3 Å². The minimum absolute atomic E-state index is 0.00535. The zero-order valence-corrected chi connectivity index (χ0v) is 43.3. The van der Waals surface area contributed by atoms with Gasteiger partial charge in [0.25, 0.3) is 0 Å². The Labute approximate surface area is 399 Å². The molecule has 0 fully saturated rings. The molecule has 0 aromatic carbocycles. The summed E-state index contributed by atoms with van der Waals surface area (Å²) in [4.78, 5) is 24.5. The Kier molecular flexibility index (Phi) is 53.0. The summed E-state index contributed by atoms with van der Waals surface area (Å²) in [5, 5.41) is 23.3. The number of nitrogens with one attached hydrogen (secondary N) is 1. The monoisotopic (exact) mass is 904 g/mol. The number of aliphatic hydroxyl groups is 2. The third-order valence-electron chi connectivity index (χ3n) is 13.6. The first-order valence-electron chi connectivity index (χ1n) is 28.9. The standard InChI is InChI=1S/C58H113NO5/c1-3-5-7-9-11-13-15-17-18-19-20-23-27-30-34-38-42-46-50-56(61)55(54-60)59-57(62)51-47-43-39-35-31-28-24-21-22-25-29-33-37-41-45-49-53-64-58(63)52-48-44-40-36-32-26-16-14-12-10-8-6-4-2/h14,16,55-56,60-61H,3-13,15,17-54H2,1-2H3,(H,59,62)/b16-14-. The van der Waals surface area contributed by atoms with E-state index in [9.17, 15) is 19.8 Å². The summed E-state index contributed by atoms with van der Waals surface area (Å²) in [6, 6.07) is -0.546. The van der Waals surface area contributed by atoms with Crippen LogP contribution in [-0.4, -0.2) is 47.4 Å². The second kappa shape index (κ2) is 54.2. The first kappa shape index (κ1) is 62.6. The fourth-order valence-corrected chi connectivity index (χ4v) is 9.11. The van der Waals surface area contributed by atoms with E-state index in [2.05, 4.69) is 31.3 Å². The molecule has 0 aromatic rings. The zero-order chi connectivity index (χ0) is 46.5. The summed E-state index contributed by atoms with van der Waals surface area (Å²) >= 11 is 0. The summed E-state index contributed by atoms with van der Waals surface area (Å²) in [6.07, 6.45) is 63.4. The van der Waals surface area contributed by atoms with Gasteiger partial charge in [0.05, 0.1) is 25.4 Å². The molecule has 380 valence electrons. The van der Waals surface area contributed by atoms with E-state index in [1.165, 1.54) is 244 Å². The van der Waals surface area contributed by atoms with Crippen molar-refractivity contribution in [2.75, 3.05) is 13.2 Å². The van der Waals surface area contributed by atoms with Gasteiger partial charge in [-0.1, -0.05) is 270 Å². The van der Waals surface area contributed by atoms with Crippen LogP contribution < -0.4 is 5.32 Å². The lowest BCUT2D eigenvalue weighted by Gasteiger charge is -2.22. The molecule has 0 aliphatic rings. The first-order chi connectivity index (χ1) is 31.5. The molecular weight excluding hydrogens is 791 g/mol. The smallest absolute Gasteiger partial charge is 0.305 e. The molecule has 0 heterocycles. The molecule has 0 aromatic heterocycles. The van der Waals surface area contributed by atoms with Crippen LogP contribution in [0, 0.1) is 0 Å². The first-order valence-corrected chi connectivity index (χ1v) is 28.9. The molecule has 0 aliphatic heterocycles. The Balaban J connectivity index is 3.42. The SMILES string of the molecule is CCCCCC/C=C\CCCCCCCC(=O)OCCCCCCCCCCCCCCCCCCC(=O)NC(CO)C(O)CCCCCCCCCCCCCCCCCCCC. The maximum Gasteiger partial charge on any atom is 0.305 e. The number of unbranched alkanes of at least 4 members (excludes halogenated alkanes) is 41. The van der Waals surface area contributed by atoms with Crippen LogP contribution >= 0.6 is 0 Å². The third kappa shape index (κ3) is 50.0. The van der Waals surface area contributed by atoms with Crippen LogP contribution in [-0.2, 0) is 14.3 Å². The molecule has 0 saturated heterocycles. The van der Waals surface area contributed by atoms with Crippen molar-refractivity contribution in [3.63, 3.8) is 0 Å². The van der Waals surface area contributed by atoms with Crippen molar-refractivity contribution in [2.45, 2.75) is 334 Å². The Bertz CT molecular complexity index is 955. The zero-order valence-electron chi connectivity index (χ0n) is 43.3. The highest BCUT2D eigenvalue weighted by molar-refractivity contribution is 5.76. The van der Waals surface area contributed by atoms with Gasteiger partial charge >= 0.3 is 5.97 Å². The van der Waals surface area contributed by atoms with Crippen LogP contribution in [0.2, 0.25) is 0 Å². The van der Waals surface area contributed by atoms with Crippen molar-refractivity contribution >= 4 is 11.9 Å². The Hall–Kier alpha value is -1.40. The second-order valence-corrected chi connectivity index (χ2v) is 20.0. The number of ether oxygens (including phenoxy) is 1. The summed E-state index contributed by atoms with van der Waals surface area (Å²) < 4.78 is 5.46. The number of amides is 1. The van der Waals surface area contributed by atoms with E-state index < -0.39 is 12.1 Å². The number of allylic oxidation sites excluding steroid dienone is 2. The lowest BCUT2D eigenvalue weighted by Crippen LogP contribution is -2.45. The van der Waals surface area contributed by atoms with E-state index >= 15 is 0 Å². The molecule has 0 aliphatic carbocycles. The molecular formula is C58H113NO5. The fourth-order valence-electron chi connectivity index (χ4n) is 9.11. The molecule has 3 N–H and O–H groups in total. The minimum Gasteiger partial charge on any atom is -0.466 e. The minimum atomic E-state index is -0.669. The number of rotatable bonds is 54. The van der Waals surface area contributed by atoms with Crippen LogP contribution in [0.4, 0.5) is 0 Å². The van der Waals surface area contributed by atoms with Gasteiger partial charge in [-0.3, -0.25) is 9.59 Å². The van der Waals surface area contributed by atoms with Gasteiger partial charge in [0.15, 0.2) is 0 Å². The fraction of sp³-hybridized carbons (Fsp3) is 0.931. The summed E-state index contributed by atoms with van der Waals surface area (Å²) in [7, 11) is 0. The van der Waals surface area contributed by atoms with Gasteiger partial charge in [-0.2, -0.15) is 0 Å². The molecule has 0 spiro atoms. The quantitative estimate of drug-likeness (QED) is 0.0321. The molecule has 0 rings (SSSR count). The molecule has 6 nitrogen and oxygen atoms in total. The van der Waals surface area contributed by atoms with Crippen LogP contribution in [0.3, 0.4) is 0 Å². The van der Waals surface area contributed by atoms with E-state index in [1.807, 2.05) is 0 Å². The molecule has 0 radical (unpaired) electrons. The third-order valence-corrected chi connectivity index (χ3v) is 13.6. The summed E-state index contributed by atoms with van der Waals surface area (Å²) in [6.45, 7) is 4.94. The maximum absolute atomic E-state index is 12.5. The molecule has 1 amide bonds. The van der Waals surface area contributed by atoms with Crippen molar-refractivity contribution in [3.05, 3.63) is 12.2 Å². The van der Waals surface area contributed by atoms with Gasteiger partial charge in [0.1, 0.15) is 0 Å². The Morgan fingerprint density at radius 3 is 1.12 bits per heavy atom. The highest BCUT2D eigenvalue weighted by Gasteiger charge is 2.20. The van der Waals surface area contributed by atoms with Crippen molar-refractivity contribution in [2.24, 2.45) is 0 Å². The normalized spacial score (nSPS) is 12.6. The van der Waals surface area contributed by atoms with Crippen LogP contribution in [0.15, 0.2) is 12.2 Å². The average Bonchev–Trinajstić information content (AvgIpc) is 3.29. The van der Waals surface area contributed by atoms with E-state index in [0.29, 0.717) is 25.9 Å². The van der Waals surface area contributed by atoms with Crippen LogP contribution in [0.5, 0.6) is 0 Å². The molecule has 64 heavy (non-hydrogen) atoms. The van der Waals surface area contributed by atoms with Gasteiger partial charge in [-0.05, 0) is 51.4 Å². The average molecular weight is 905 g/mol. The van der Waals surface area contributed by atoms with Gasteiger partial charge in [-0.15, -0.1) is 0 Å². The van der Waals surface area contributed by atoms with Crippen LogP contribution in [0.1, 0.15) is 322 Å². The molecule has 2 atom stereocenters. The van der Waals surface area contributed by atoms with Crippen molar-refractivity contribution in [1.82, 2.24) is 5.32 Å². The molecule has 0 bridgehead atoms. The van der Waals surface area contributed by atoms with Crippen LogP contribution in [0.25, 0.3) is 0 Å². The maximum atomic E-state index is 12.5. The van der Waals surface area contributed by atoms with Crippen molar-refractivity contribution in [1.29, 1.82) is 0 Å². The largest absolute Gasteiger partial charge is 0.466 e. The second-order valence-electron chi connectivity index (χ2n) is 20.0. The molecule has 0 saturated carbocycles. The van der Waals surface area contributed by atoms with E-state index in [-0.39, 0.29) is 18.5 Å². The number of hydrogen-bond donors (Lipinski definition) is 3. The number of hydrogen-bond acceptors (Lipinski definition) is 5. The van der Waals surface area contributed by atoms with Crippen molar-refractivity contribution < 1.29 is 24.5 Å². The highest BCUT2D eigenvalue weighted by atomic mass is 16.5.